The van der Waals surface area contributed by atoms with Gasteiger partial charge in [-0.1, -0.05) is 13.0 Å². The van der Waals surface area contributed by atoms with Crippen LogP contribution in [0.2, 0.25) is 0 Å². The molecule has 0 radical (unpaired) electrons. The SMILES string of the molecule is CC1CCN(C(=O)c2ccc(Nc3ncc(C(F)(F)F)c(NCc4cccnc4N(C)S(C)(=O)=O)n3)cc2)CC1. The van der Waals surface area contributed by atoms with E-state index in [-0.39, 0.29) is 24.2 Å². The first-order chi connectivity index (χ1) is 18.8. The van der Waals surface area contributed by atoms with E-state index in [1.165, 1.54) is 13.2 Å². The smallest absolute Gasteiger partial charge is 0.365 e. The van der Waals surface area contributed by atoms with Gasteiger partial charge < -0.3 is 15.5 Å². The predicted octanol–water partition coefficient (Wildman–Crippen LogP) is 4.51. The molecule has 3 heterocycles. The molecule has 1 aliphatic heterocycles. The average molecular weight is 578 g/mol. The first-order valence-corrected chi connectivity index (χ1v) is 14.4. The van der Waals surface area contributed by atoms with Crippen LogP contribution in [0.1, 0.15) is 41.3 Å². The highest BCUT2D eigenvalue weighted by Gasteiger charge is 2.35. The summed E-state index contributed by atoms with van der Waals surface area (Å²) in [6, 6.07) is 9.67. The number of anilines is 4. The number of carbonyl (C=O) groups excluding carboxylic acids is 1. The van der Waals surface area contributed by atoms with E-state index in [4.69, 9.17) is 0 Å². The fourth-order valence-electron chi connectivity index (χ4n) is 4.19. The molecule has 14 heteroatoms. The van der Waals surface area contributed by atoms with Gasteiger partial charge in [-0.05, 0) is 49.1 Å². The van der Waals surface area contributed by atoms with Crippen molar-refractivity contribution in [3.63, 3.8) is 0 Å². The summed E-state index contributed by atoms with van der Waals surface area (Å²) in [6.07, 6.45) is 0.239. The van der Waals surface area contributed by atoms with Crippen LogP contribution in [0.25, 0.3) is 0 Å². The number of amides is 1. The Kier molecular flexibility index (Phi) is 8.47. The van der Waals surface area contributed by atoms with Crippen molar-refractivity contribution in [1.29, 1.82) is 0 Å². The molecule has 4 rings (SSSR count). The predicted molar refractivity (Wildman–Crippen MR) is 146 cm³/mol. The second-order valence-electron chi connectivity index (χ2n) is 9.70. The topological polar surface area (TPSA) is 120 Å². The molecule has 0 bridgehead atoms. The van der Waals surface area contributed by atoms with Gasteiger partial charge >= 0.3 is 6.18 Å². The van der Waals surface area contributed by atoms with Crippen molar-refractivity contribution in [2.45, 2.75) is 32.5 Å². The van der Waals surface area contributed by atoms with E-state index in [1.807, 2.05) is 4.90 Å². The number of sulfonamides is 1. The summed E-state index contributed by atoms with van der Waals surface area (Å²) in [5, 5.41) is 5.52. The van der Waals surface area contributed by atoms with Crippen molar-refractivity contribution in [2.75, 3.05) is 41.3 Å². The van der Waals surface area contributed by atoms with Crippen molar-refractivity contribution in [2.24, 2.45) is 5.92 Å². The fourth-order valence-corrected chi connectivity index (χ4v) is 4.67. The summed E-state index contributed by atoms with van der Waals surface area (Å²) in [5.41, 5.74) is 0.262. The van der Waals surface area contributed by atoms with Crippen LogP contribution in [0, 0.1) is 5.92 Å². The lowest BCUT2D eigenvalue weighted by Gasteiger charge is -2.30. The van der Waals surface area contributed by atoms with Gasteiger partial charge in [0.2, 0.25) is 16.0 Å². The molecule has 1 saturated heterocycles. The van der Waals surface area contributed by atoms with Crippen molar-refractivity contribution < 1.29 is 26.4 Å². The van der Waals surface area contributed by atoms with Gasteiger partial charge in [-0.2, -0.15) is 18.2 Å². The zero-order valence-electron chi connectivity index (χ0n) is 22.2. The second-order valence-corrected chi connectivity index (χ2v) is 11.7. The van der Waals surface area contributed by atoms with E-state index in [0.717, 1.165) is 23.4 Å². The molecule has 0 atom stereocenters. The van der Waals surface area contributed by atoms with Crippen LogP contribution in [0.15, 0.2) is 48.8 Å². The molecule has 1 amide bonds. The molecule has 40 heavy (non-hydrogen) atoms. The number of piperidine rings is 1. The minimum Gasteiger partial charge on any atom is -0.365 e. The Morgan fingerprint density at radius 3 is 2.42 bits per heavy atom. The van der Waals surface area contributed by atoms with E-state index in [2.05, 4.69) is 32.5 Å². The first-order valence-electron chi connectivity index (χ1n) is 12.5. The number of nitrogens with one attached hydrogen (secondary N) is 2. The van der Waals surface area contributed by atoms with E-state index < -0.39 is 27.6 Å². The minimum absolute atomic E-state index is 0.0630. The maximum Gasteiger partial charge on any atom is 0.421 e. The van der Waals surface area contributed by atoms with Crippen LogP contribution < -0.4 is 14.9 Å². The molecular formula is C26H30F3N7O3S. The van der Waals surface area contributed by atoms with Gasteiger partial charge in [-0.25, -0.2) is 18.4 Å². The Morgan fingerprint density at radius 2 is 1.80 bits per heavy atom. The van der Waals surface area contributed by atoms with E-state index in [0.29, 0.717) is 42.0 Å². The Hall–Kier alpha value is -3.94. The third-order valence-corrected chi connectivity index (χ3v) is 7.83. The summed E-state index contributed by atoms with van der Waals surface area (Å²) >= 11 is 0. The highest BCUT2D eigenvalue weighted by atomic mass is 32.2. The summed E-state index contributed by atoms with van der Waals surface area (Å²) in [7, 11) is -2.34. The maximum absolute atomic E-state index is 13.7. The van der Waals surface area contributed by atoms with Crippen molar-refractivity contribution in [3.05, 3.63) is 65.5 Å². The Morgan fingerprint density at radius 1 is 1.12 bits per heavy atom. The number of alkyl halides is 3. The number of benzene rings is 1. The molecule has 10 nitrogen and oxygen atoms in total. The highest BCUT2D eigenvalue weighted by Crippen LogP contribution is 2.34. The van der Waals surface area contributed by atoms with E-state index >= 15 is 0 Å². The number of hydrogen-bond acceptors (Lipinski definition) is 8. The number of nitrogens with zero attached hydrogens (tertiary/aromatic N) is 5. The normalized spacial score (nSPS) is 14.6. The Labute approximate surface area is 230 Å². The molecule has 2 N–H and O–H groups in total. The minimum atomic E-state index is -4.74. The molecule has 0 saturated carbocycles. The second kappa shape index (κ2) is 11.7. The summed E-state index contributed by atoms with van der Waals surface area (Å²) in [4.78, 5) is 26.5. The van der Waals surface area contributed by atoms with Gasteiger partial charge in [0.05, 0.1) is 6.26 Å². The Balaban J connectivity index is 1.52. The van der Waals surface area contributed by atoms with Gasteiger partial charge in [0.15, 0.2) is 0 Å². The van der Waals surface area contributed by atoms with Gasteiger partial charge in [0.1, 0.15) is 17.2 Å². The van der Waals surface area contributed by atoms with Gasteiger partial charge in [0, 0.05) is 55.9 Å². The van der Waals surface area contributed by atoms with Crippen LogP contribution in [-0.2, 0) is 22.7 Å². The van der Waals surface area contributed by atoms with Crippen LogP contribution in [0.5, 0.6) is 0 Å². The lowest BCUT2D eigenvalue weighted by molar-refractivity contribution is -0.137. The summed E-state index contributed by atoms with van der Waals surface area (Å²) in [6.45, 7) is 3.40. The molecule has 1 aromatic carbocycles. The number of hydrogen-bond donors (Lipinski definition) is 2. The number of pyridine rings is 1. The quantitative estimate of drug-likeness (QED) is 0.401. The zero-order chi connectivity index (χ0) is 29.1. The summed E-state index contributed by atoms with van der Waals surface area (Å²) in [5.74, 6) is 0.0188. The molecule has 0 unspecified atom stereocenters. The largest absolute Gasteiger partial charge is 0.421 e. The van der Waals surface area contributed by atoms with Gasteiger partial charge in [-0.3, -0.25) is 9.10 Å². The molecule has 3 aromatic rings. The average Bonchev–Trinajstić information content (AvgIpc) is 2.91. The van der Waals surface area contributed by atoms with Gasteiger partial charge in [-0.15, -0.1) is 0 Å². The van der Waals surface area contributed by atoms with Crippen molar-refractivity contribution in [3.8, 4) is 0 Å². The molecule has 2 aromatic heterocycles. The van der Waals surface area contributed by atoms with Crippen LogP contribution >= 0.6 is 0 Å². The van der Waals surface area contributed by atoms with Crippen LogP contribution in [-0.4, -0.2) is 60.6 Å². The van der Waals surface area contributed by atoms with Crippen molar-refractivity contribution >= 4 is 39.2 Å². The third-order valence-electron chi connectivity index (χ3n) is 6.66. The van der Waals surface area contributed by atoms with Crippen LogP contribution in [0.4, 0.5) is 36.4 Å². The monoisotopic (exact) mass is 577 g/mol. The number of rotatable bonds is 8. The van der Waals surface area contributed by atoms with E-state index in [1.54, 1.807) is 36.4 Å². The Bertz CT molecular complexity index is 1460. The highest BCUT2D eigenvalue weighted by molar-refractivity contribution is 7.92. The summed E-state index contributed by atoms with van der Waals surface area (Å²) < 4.78 is 66.1. The lowest BCUT2D eigenvalue weighted by Crippen LogP contribution is -2.37. The first kappa shape index (κ1) is 29.1. The van der Waals surface area contributed by atoms with Crippen molar-refractivity contribution in [1.82, 2.24) is 19.9 Å². The lowest BCUT2D eigenvalue weighted by atomic mass is 9.98. The molecule has 0 aliphatic carbocycles. The number of halogens is 3. The molecule has 214 valence electrons. The zero-order valence-corrected chi connectivity index (χ0v) is 23.1. The number of likely N-dealkylation sites (tertiary alicyclic amines) is 1. The standard InChI is InChI=1S/C26H30F3N7O3S/c1-17-10-13-36(14-11-17)24(37)18-6-8-20(9-7-18)33-25-32-16-21(26(27,28)29)22(34-25)31-15-19-5-4-12-30-23(19)35(2)40(3,38)39/h4-9,12,16-17H,10-11,13-15H2,1-3H3,(H2,31,32,33,34). The molecule has 0 spiro atoms. The van der Waals surface area contributed by atoms with Crippen LogP contribution in [0.3, 0.4) is 0 Å². The van der Waals surface area contributed by atoms with Gasteiger partial charge in [0.25, 0.3) is 5.91 Å². The number of carbonyl (C=O) groups is 1. The number of aromatic nitrogens is 3. The molecular weight excluding hydrogens is 547 g/mol. The third kappa shape index (κ3) is 6.97. The molecule has 1 aliphatic rings. The van der Waals surface area contributed by atoms with E-state index in [9.17, 15) is 26.4 Å². The fraction of sp³-hybridized carbons (Fsp3) is 0.385. The maximum atomic E-state index is 13.7. The molecule has 1 fully saturated rings.